The van der Waals surface area contributed by atoms with Crippen LogP contribution >= 0.6 is 34.4 Å². The average molecular weight is 476 g/mol. The van der Waals surface area contributed by atoms with Gasteiger partial charge in [-0.15, -0.1) is 34.4 Å². The summed E-state index contributed by atoms with van der Waals surface area (Å²) >= 11 is 4.76. The van der Waals surface area contributed by atoms with Crippen LogP contribution in [0.25, 0.3) is 0 Å². The number of unbranched alkanes of at least 4 members (excludes halogenated alkanes) is 3. The third kappa shape index (κ3) is 7.64. The number of hydrogen-bond acceptors (Lipinski definition) is 7. The number of thiophene rings is 1. The summed E-state index contributed by atoms with van der Waals surface area (Å²) in [4.78, 5) is 19.9. The molecule has 0 aliphatic heterocycles. The van der Waals surface area contributed by atoms with Crippen molar-refractivity contribution in [2.75, 3.05) is 23.0 Å². The number of nitrogens with one attached hydrogen (secondary N) is 2. The van der Waals surface area contributed by atoms with E-state index in [-0.39, 0.29) is 12.5 Å². The Hall–Kier alpha value is -1.87. The van der Waals surface area contributed by atoms with Gasteiger partial charge in [0.1, 0.15) is 0 Å². The first-order chi connectivity index (χ1) is 15.2. The lowest BCUT2D eigenvalue weighted by atomic mass is 10.2. The van der Waals surface area contributed by atoms with Crippen molar-refractivity contribution in [2.45, 2.75) is 50.5 Å². The molecule has 0 saturated carbocycles. The number of para-hydroxylation sites is 1. The van der Waals surface area contributed by atoms with Gasteiger partial charge in [0, 0.05) is 40.4 Å². The van der Waals surface area contributed by atoms with Crippen molar-refractivity contribution in [1.29, 1.82) is 0 Å². The molecule has 0 atom stereocenters. The van der Waals surface area contributed by atoms with Gasteiger partial charge in [-0.25, -0.2) is 4.98 Å². The Kier molecular flexibility index (Phi) is 9.86. The van der Waals surface area contributed by atoms with Gasteiger partial charge in [0.2, 0.25) is 0 Å². The van der Waals surface area contributed by atoms with Gasteiger partial charge in [-0.3, -0.25) is 10.1 Å². The molecule has 5 nitrogen and oxygen atoms in total. The fourth-order valence-electron chi connectivity index (χ4n) is 2.98. The van der Waals surface area contributed by atoms with Crippen LogP contribution in [0.3, 0.4) is 0 Å². The van der Waals surface area contributed by atoms with E-state index in [2.05, 4.69) is 46.8 Å². The van der Waals surface area contributed by atoms with Gasteiger partial charge in [0.05, 0.1) is 10.6 Å². The van der Waals surface area contributed by atoms with Crippen molar-refractivity contribution in [3.05, 3.63) is 57.2 Å². The van der Waals surface area contributed by atoms with Gasteiger partial charge in [0.15, 0.2) is 5.13 Å². The maximum Gasteiger partial charge on any atom is 0.267 e. The van der Waals surface area contributed by atoms with Crippen LogP contribution in [0.15, 0.2) is 46.7 Å². The Balaban J connectivity index is 1.51. The standard InChI is InChI=1S/C23H29N3O2S3/c1-2-3-4-7-14-29-20-9-6-5-8-19(20)24-15-18-10-11-21(31-18)22(28)26-23-25-17(12-13-27)16-30-23/h5-6,8-11,16,24,27H,2-4,7,12-15H2,1H3,(H,25,26,28). The number of aliphatic hydroxyl groups is 1. The number of thioether (sulfide) groups is 1. The number of carbonyl (C=O) groups is 1. The quantitative estimate of drug-likeness (QED) is 0.200. The molecule has 8 heteroatoms. The minimum Gasteiger partial charge on any atom is -0.396 e. The number of rotatable bonds is 13. The Morgan fingerprint density at radius 2 is 2.03 bits per heavy atom. The first kappa shape index (κ1) is 23.8. The molecule has 3 aromatic rings. The summed E-state index contributed by atoms with van der Waals surface area (Å²) in [6.07, 6.45) is 5.61. The molecule has 0 radical (unpaired) electrons. The number of thiazole rings is 1. The number of aliphatic hydroxyl groups excluding tert-OH is 1. The number of carbonyl (C=O) groups excluding carboxylic acids is 1. The zero-order valence-electron chi connectivity index (χ0n) is 17.7. The Morgan fingerprint density at radius 3 is 2.87 bits per heavy atom. The predicted molar refractivity (Wildman–Crippen MR) is 134 cm³/mol. The molecule has 0 fully saturated rings. The third-order valence-corrected chi connectivity index (χ3v) is 7.67. The molecule has 0 bridgehead atoms. The zero-order chi connectivity index (χ0) is 21.9. The zero-order valence-corrected chi connectivity index (χ0v) is 20.2. The molecule has 0 aliphatic carbocycles. The molecule has 3 rings (SSSR count). The molecule has 3 N–H and O–H groups in total. The molecular weight excluding hydrogens is 446 g/mol. The molecule has 2 heterocycles. The summed E-state index contributed by atoms with van der Waals surface area (Å²) in [7, 11) is 0. The van der Waals surface area contributed by atoms with Crippen LogP contribution in [0, 0.1) is 0 Å². The van der Waals surface area contributed by atoms with Crippen LogP contribution in [-0.2, 0) is 13.0 Å². The normalized spacial score (nSPS) is 10.9. The van der Waals surface area contributed by atoms with Gasteiger partial charge < -0.3 is 10.4 Å². The van der Waals surface area contributed by atoms with E-state index < -0.39 is 0 Å². The second-order valence-electron chi connectivity index (χ2n) is 7.10. The van der Waals surface area contributed by atoms with Crippen molar-refractivity contribution in [1.82, 2.24) is 4.98 Å². The Bertz CT molecular complexity index is 955. The number of hydrogen-bond donors (Lipinski definition) is 3. The summed E-state index contributed by atoms with van der Waals surface area (Å²) in [6, 6.07) is 12.3. The SMILES string of the molecule is CCCCCCSc1ccccc1NCc1ccc(C(=O)Nc2nc(CCO)cs2)s1. The van der Waals surface area contributed by atoms with E-state index in [9.17, 15) is 4.79 Å². The largest absolute Gasteiger partial charge is 0.396 e. The van der Waals surface area contributed by atoms with Crippen LogP contribution in [0.5, 0.6) is 0 Å². The Labute approximate surface area is 196 Å². The van der Waals surface area contributed by atoms with E-state index in [1.54, 1.807) is 0 Å². The van der Waals surface area contributed by atoms with Gasteiger partial charge in [-0.05, 0) is 36.4 Å². The first-order valence-electron chi connectivity index (χ1n) is 10.6. The number of amides is 1. The second kappa shape index (κ2) is 12.9. The highest BCUT2D eigenvalue weighted by Gasteiger charge is 2.12. The lowest BCUT2D eigenvalue weighted by Crippen LogP contribution is -2.10. The van der Waals surface area contributed by atoms with Crippen molar-refractivity contribution >= 4 is 51.2 Å². The number of aromatic nitrogens is 1. The highest BCUT2D eigenvalue weighted by molar-refractivity contribution is 7.99. The van der Waals surface area contributed by atoms with Crippen molar-refractivity contribution in [2.24, 2.45) is 0 Å². The predicted octanol–water partition coefficient (Wildman–Crippen LogP) is 6.28. The van der Waals surface area contributed by atoms with Gasteiger partial charge in [0.25, 0.3) is 5.91 Å². The van der Waals surface area contributed by atoms with Gasteiger partial charge >= 0.3 is 0 Å². The molecule has 31 heavy (non-hydrogen) atoms. The molecule has 0 spiro atoms. The highest BCUT2D eigenvalue weighted by atomic mass is 32.2. The fourth-order valence-corrected chi connectivity index (χ4v) is 5.60. The van der Waals surface area contributed by atoms with E-state index in [4.69, 9.17) is 5.11 Å². The molecular formula is C23H29N3O2S3. The Morgan fingerprint density at radius 1 is 1.16 bits per heavy atom. The lowest BCUT2D eigenvalue weighted by molar-refractivity contribution is 0.103. The van der Waals surface area contributed by atoms with Crippen LogP contribution in [0.2, 0.25) is 0 Å². The van der Waals surface area contributed by atoms with E-state index in [1.807, 2.05) is 29.3 Å². The lowest BCUT2D eigenvalue weighted by Gasteiger charge is -2.11. The van der Waals surface area contributed by atoms with E-state index in [0.29, 0.717) is 23.0 Å². The molecule has 1 aromatic carbocycles. The average Bonchev–Trinajstić information content (AvgIpc) is 3.43. The first-order valence-corrected chi connectivity index (χ1v) is 13.3. The van der Waals surface area contributed by atoms with E-state index in [1.165, 1.54) is 53.3 Å². The summed E-state index contributed by atoms with van der Waals surface area (Å²) in [5.41, 5.74) is 1.93. The van der Waals surface area contributed by atoms with Crippen LogP contribution in [0.4, 0.5) is 10.8 Å². The van der Waals surface area contributed by atoms with E-state index in [0.717, 1.165) is 22.0 Å². The minimum absolute atomic E-state index is 0.0545. The third-order valence-electron chi connectivity index (χ3n) is 4.62. The minimum atomic E-state index is -0.149. The number of anilines is 2. The molecule has 166 valence electrons. The number of nitrogens with zero attached hydrogens (tertiary/aromatic N) is 1. The summed E-state index contributed by atoms with van der Waals surface area (Å²) < 4.78 is 0. The second-order valence-corrected chi connectivity index (χ2v) is 10.3. The summed E-state index contributed by atoms with van der Waals surface area (Å²) in [5.74, 6) is 0.989. The topological polar surface area (TPSA) is 74.2 Å². The van der Waals surface area contributed by atoms with Gasteiger partial charge in [-0.1, -0.05) is 38.3 Å². The summed E-state index contributed by atoms with van der Waals surface area (Å²) in [6.45, 7) is 2.97. The highest BCUT2D eigenvalue weighted by Crippen LogP contribution is 2.29. The van der Waals surface area contributed by atoms with Crippen LogP contribution in [0.1, 0.15) is 52.8 Å². The van der Waals surface area contributed by atoms with Crippen molar-refractivity contribution < 1.29 is 9.90 Å². The molecule has 0 aliphatic rings. The molecule has 1 amide bonds. The van der Waals surface area contributed by atoms with Crippen molar-refractivity contribution in [3.8, 4) is 0 Å². The van der Waals surface area contributed by atoms with E-state index >= 15 is 0 Å². The van der Waals surface area contributed by atoms with Gasteiger partial charge in [-0.2, -0.15) is 0 Å². The monoisotopic (exact) mass is 475 g/mol. The smallest absolute Gasteiger partial charge is 0.267 e. The summed E-state index contributed by atoms with van der Waals surface area (Å²) in [5, 5.41) is 17.8. The van der Waals surface area contributed by atoms with Crippen molar-refractivity contribution in [3.63, 3.8) is 0 Å². The van der Waals surface area contributed by atoms with Crippen LogP contribution in [-0.4, -0.2) is 28.4 Å². The van der Waals surface area contributed by atoms with Crippen LogP contribution < -0.4 is 10.6 Å². The molecule has 2 aromatic heterocycles. The maximum atomic E-state index is 12.5. The fraction of sp³-hybridized carbons (Fsp3) is 0.391. The molecule has 0 saturated heterocycles. The maximum absolute atomic E-state index is 12.5. The molecule has 0 unspecified atom stereocenters. The number of benzene rings is 1.